The predicted octanol–water partition coefficient (Wildman–Crippen LogP) is 4.62. The van der Waals surface area contributed by atoms with Crippen LogP contribution >= 0.6 is 0 Å². The highest BCUT2D eigenvalue weighted by molar-refractivity contribution is 5.95. The van der Waals surface area contributed by atoms with Crippen molar-refractivity contribution in [2.75, 3.05) is 24.5 Å². The second-order valence-electron chi connectivity index (χ2n) is 8.29. The molecule has 0 aromatic heterocycles. The first-order valence-corrected chi connectivity index (χ1v) is 10.4. The second kappa shape index (κ2) is 6.98. The Morgan fingerprint density at radius 2 is 1.75 bits per heavy atom. The highest BCUT2D eigenvalue weighted by Gasteiger charge is 2.41. The van der Waals surface area contributed by atoms with Gasteiger partial charge in [-0.3, -0.25) is 4.79 Å². The zero-order valence-corrected chi connectivity index (χ0v) is 16.1. The van der Waals surface area contributed by atoms with Crippen molar-refractivity contribution in [1.82, 2.24) is 4.90 Å². The van der Waals surface area contributed by atoms with Crippen LogP contribution in [-0.4, -0.2) is 30.4 Å². The number of nitrogens with zero attached hydrogens (tertiary/aromatic N) is 3. The third kappa shape index (κ3) is 2.86. The molecule has 0 unspecified atom stereocenters. The molecule has 3 aliphatic rings. The summed E-state index contributed by atoms with van der Waals surface area (Å²) >= 11 is 0. The maximum atomic E-state index is 13.2. The van der Waals surface area contributed by atoms with E-state index in [-0.39, 0.29) is 11.9 Å². The van der Waals surface area contributed by atoms with E-state index >= 15 is 0 Å². The van der Waals surface area contributed by atoms with Crippen LogP contribution in [0.4, 0.5) is 5.69 Å². The molecule has 2 heterocycles. The van der Waals surface area contributed by atoms with E-state index in [1.54, 1.807) is 24.3 Å². The van der Waals surface area contributed by atoms with Gasteiger partial charge in [-0.1, -0.05) is 6.07 Å². The second-order valence-corrected chi connectivity index (χ2v) is 8.29. The summed E-state index contributed by atoms with van der Waals surface area (Å²) in [6.45, 7) is 3.09. The number of anilines is 1. The maximum Gasteiger partial charge on any atom is 0.254 e. The van der Waals surface area contributed by atoms with Gasteiger partial charge in [-0.2, -0.15) is 5.26 Å². The van der Waals surface area contributed by atoms with E-state index in [9.17, 15) is 4.79 Å². The van der Waals surface area contributed by atoms with Crippen LogP contribution in [0.5, 0.6) is 0 Å². The number of rotatable bonds is 2. The van der Waals surface area contributed by atoms with Crippen LogP contribution < -0.4 is 4.90 Å². The Bertz CT molecular complexity index is 937. The molecule has 4 heteroatoms. The Morgan fingerprint density at radius 1 is 0.964 bits per heavy atom. The van der Waals surface area contributed by atoms with Gasteiger partial charge in [0.25, 0.3) is 5.91 Å². The Balaban J connectivity index is 1.44. The first-order chi connectivity index (χ1) is 13.7. The van der Waals surface area contributed by atoms with Crippen LogP contribution in [0.1, 0.15) is 71.1 Å². The Labute approximate surface area is 166 Å². The van der Waals surface area contributed by atoms with Crippen LogP contribution in [0, 0.1) is 11.3 Å². The minimum absolute atomic E-state index is 0.0872. The van der Waals surface area contributed by atoms with Crippen LogP contribution in [0.15, 0.2) is 42.5 Å². The Hall–Kier alpha value is -2.80. The first kappa shape index (κ1) is 17.3. The van der Waals surface area contributed by atoms with E-state index in [2.05, 4.69) is 34.1 Å². The number of hydrogen-bond acceptors (Lipinski definition) is 3. The number of amides is 1. The zero-order valence-electron chi connectivity index (χ0n) is 16.1. The van der Waals surface area contributed by atoms with E-state index < -0.39 is 0 Å². The van der Waals surface area contributed by atoms with E-state index in [0.717, 1.165) is 32.5 Å². The molecule has 2 bridgehead atoms. The summed E-state index contributed by atoms with van der Waals surface area (Å²) in [4.78, 5) is 17.8. The van der Waals surface area contributed by atoms with E-state index in [1.807, 2.05) is 0 Å². The quantitative estimate of drug-likeness (QED) is 0.774. The fraction of sp³-hybridized carbons (Fsp3) is 0.417. The summed E-state index contributed by atoms with van der Waals surface area (Å²) in [6.07, 6.45) is 5.95. The summed E-state index contributed by atoms with van der Waals surface area (Å²) in [5.74, 6) is 0.671. The topological polar surface area (TPSA) is 47.3 Å². The molecule has 4 nitrogen and oxygen atoms in total. The number of carbonyl (C=O) groups excluding carboxylic acids is 1. The molecule has 0 saturated carbocycles. The number of hydrogen-bond donors (Lipinski definition) is 0. The number of likely N-dealkylation sites (tertiary alicyclic amines) is 1. The fourth-order valence-corrected chi connectivity index (χ4v) is 5.21. The number of nitriles is 1. The average Bonchev–Trinajstić information content (AvgIpc) is 3.05. The van der Waals surface area contributed by atoms with Crippen molar-refractivity contribution in [1.29, 1.82) is 5.26 Å². The molecule has 1 amide bonds. The molecule has 2 aromatic carbocycles. The van der Waals surface area contributed by atoms with Gasteiger partial charge in [-0.15, -0.1) is 0 Å². The summed E-state index contributed by atoms with van der Waals surface area (Å²) in [5, 5.41) is 8.99. The van der Waals surface area contributed by atoms with Crippen LogP contribution in [0.2, 0.25) is 0 Å². The Kier molecular flexibility index (Phi) is 4.31. The monoisotopic (exact) mass is 371 g/mol. The molecule has 0 radical (unpaired) electrons. The maximum absolute atomic E-state index is 13.2. The third-order valence-corrected chi connectivity index (χ3v) is 6.71. The third-order valence-electron chi connectivity index (χ3n) is 6.71. The Morgan fingerprint density at radius 3 is 2.50 bits per heavy atom. The highest BCUT2D eigenvalue weighted by Crippen LogP contribution is 2.50. The largest absolute Gasteiger partial charge is 0.372 e. The number of benzene rings is 2. The molecule has 2 aromatic rings. The van der Waals surface area contributed by atoms with E-state index in [4.69, 9.17) is 5.26 Å². The molecule has 2 saturated heterocycles. The van der Waals surface area contributed by atoms with Crippen LogP contribution in [-0.2, 0) is 0 Å². The molecular formula is C24H25N3O. The lowest BCUT2D eigenvalue weighted by atomic mass is 9.95. The molecule has 5 rings (SSSR count). The minimum atomic E-state index is 0.0872. The minimum Gasteiger partial charge on any atom is -0.372 e. The van der Waals surface area contributed by atoms with Gasteiger partial charge in [0.1, 0.15) is 0 Å². The van der Waals surface area contributed by atoms with Crippen LogP contribution in [0.25, 0.3) is 0 Å². The van der Waals surface area contributed by atoms with Crippen molar-refractivity contribution in [3.05, 3.63) is 64.7 Å². The van der Waals surface area contributed by atoms with E-state index in [1.165, 1.54) is 36.1 Å². The van der Waals surface area contributed by atoms with Crippen molar-refractivity contribution in [3.8, 4) is 6.07 Å². The fourth-order valence-electron chi connectivity index (χ4n) is 5.21. The predicted molar refractivity (Wildman–Crippen MR) is 109 cm³/mol. The average molecular weight is 371 g/mol. The van der Waals surface area contributed by atoms with Crippen molar-refractivity contribution in [2.24, 2.45) is 0 Å². The lowest BCUT2D eigenvalue weighted by Crippen LogP contribution is -2.37. The lowest BCUT2D eigenvalue weighted by Gasteiger charge is -2.34. The van der Waals surface area contributed by atoms with Gasteiger partial charge < -0.3 is 9.80 Å². The normalized spacial score (nSPS) is 23.2. The van der Waals surface area contributed by atoms with Gasteiger partial charge >= 0.3 is 0 Å². The summed E-state index contributed by atoms with van der Waals surface area (Å²) in [5.41, 5.74) is 5.39. The zero-order chi connectivity index (χ0) is 19.1. The van der Waals surface area contributed by atoms with Gasteiger partial charge in [-0.25, -0.2) is 0 Å². The van der Waals surface area contributed by atoms with Gasteiger partial charge in [0.05, 0.1) is 17.7 Å². The molecular weight excluding hydrogens is 346 g/mol. The van der Waals surface area contributed by atoms with Crippen molar-refractivity contribution < 1.29 is 4.79 Å². The first-order valence-electron chi connectivity index (χ1n) is 10.4. The summed E-state index contributed by atoms with van der Waals surface area (Å²) in [6, 6.07) is 16.3. The highest BCUT2D eigenvalue weighted by atomic mass is 16.2. The molecule has 2 fully saturated rings. The molecule has 1 aliphatic carbocycles. The smallest absolute Gasteiger partial charge is 0.254 e. The van der Waals surface area contributed by atoms with Crippen molar-refractivity contribution >= 4 is 11.6 Å². The van der Waals surface area contributed by atoms with Crippen molar-refractivity contribution in [3.63, 3.8) is 0 Å². The van der Waals surface area contributed by atoms with Gasteiger partial charge in [-0.05, 0) is 85.5 Å². The molecule has 2 atom stereocenters. The molecule has 28 heavy (non-hydrogen) atoms. The van der Waals surface area contributed by atoms with Crippen LogP contribution in [0.3, 0.4) is 0 Å². The number of piperidine rings is 2. The standard InChI is InChI=1S/C24H25N3O/c25-16-17-4-6-18(7-5-17)24(28)27-13-10-19-14-23(27)22-15-20(8-9-21(19)22)26-11-2-1-3-12-26/h4-9,15,19,23H,1-3,10-14H2/t19-,23+/m1/s1. The molecule has 0 spiro atoms. The van der Waals surface area contributed by atoms with Gasteiger partial charge in [0.15, 0.2) is 0 Å². The molecule has 0 N–H and O–H groups in total. The summed E-state index contributed by atoms with van der Waals surface area (Å²) in [7, 11) is 0. The molecule has 142 valence electrons. The van der Waals surface area contributed by atoms with Crippen molar-refractivity contribution in [2.45, 2.75) is 44.1 Å². The van der Waals surface area contributed by atoms with Gasteiger partial charge in [0, 0.05) is 30.9 Å². The molecule has 2 aliphatic heterocycles. The van der Waals surface area contributed by atoms with E-state index in [0.29, 0.717) is 17.0 Å². The lowest BCUT2D eigenvalue weighted by molar-refractivity contribution is 0.0620. The number of fused-ring (bicyclic) bond motifs is 5. The SMILES string of the molecule is N#Cc1ccc(C(=O)N2CC[C@@H]3C[C@H]2c2cc(N4CCCCC4)ccc23)cc1. The summed E-state index contributed by atoms with van der Waals surface area (Å²) < 4.78 is 0. The van der Waals surface area contributed by atoms with Gasteiger partial charge in [0.2, 0.25) is 0 Å². The number of carbonyl (C=O) groups is 1.